The number of hydrogen-bond donors (Lipinski definition) is 1. The Balaban J connectivity index is 2.12. The van der Waals surface area contributed by atoms with Gasteiger partial charge >= 0.3 is 0 Å². The van der Waals surface area contributed by atoms with Crippen LogP contribution in [0.25, 0.3) is 0 Å². The molecule has 0 atom stereocenters. The number of hydrogen-bond acceptors (Lipinski definition) is 3. The highest BCUT2D eigenvalue weighted by Gasteiger charge is 2.07. The Kier molecular flexibility index (Phi) is 4.58. The summed E-state index contributed by atoms with van der Waals surface area (Å²) in [5, 5.41) is 0. The van der Waals surface area contributed by atoms with Crippen LogP contribution in [0.1, 0.15) is 16.7 Å². The molecule has 0 heterocycles. The highest BCUT2D eigenvalue weighted by Crippen LogP contribution is 2.28. The molecule has 3 nitrogen and oxygen atoms in total. The molecule has 0 unspecified atom stereocenters. The van der Waals surface area contributed by atoms with Crippen molar-refractivity contribution in [2.45, 2.75) is 13.5 Å². The minimum Gasteiger partial charge on any atom is -0.493 e. The van der Waals surface area contributed by atoms with Gasteiger partial charge in [0.1, 0.15) is 11.6 Å². The van der Waals surface area contributed by atoms with Crippen LogP contribution in [0.4, 0.5) is 0 Å². The van der Waals surface area contributed by atoms with E-state index in [0.717, 1.165) is 11.1 Å². The Bertz CT molecular complexity index is 608. The number of thiocarbonyl (C=S) groups is 1. The van der Waals surface area contributed by atoms with Gasteiger partial charge in [0.05, 0.1) is 7.11 Å². The summed E-state index contributed by atoms with van der Waals surface area (Å²) < 4.78 is 11.1. The number of aryl methyl sites for hydroxylation is 1. The van der Waals surface area contributed by atoms with Gasteiger partial charge in [0.15, 0.2) is 11.5 Å². The summed E-state index contributed by atoms with van der Waals surface area (Å²) in [6.07, 6.45) is 0. The molecule has 2 aromatic carbocycles. The van der Waals surface area contributed by atoms with Crippen molar-refractivity contribution in [3.8, 4) is 11.5 Å². The van der Waals surface area contributed by atoms with Gasteiger partial charge in [0.25, 0.3) is 0 Å². The lowest BCUT2D eigenvalue weighted by Crippen LogP contribution is -2.09. The standard InChI is InChI=1S/C16H17NO2S/c1-11-3-5-12(6-4-11)10-19-14-8-7-13(16(17)20)9-15(14)18-2/h3-9H,10H2,1-2H3,(H2,17,20). The van der Waals surface area contributed by atoms with Gasteiger partial charge in [-0.1, -0.05) is 42.0 Å². The third-order valence-corrected chi connectivity index (χ3v) is 3.20. The summed E-state index contributed by atoms with van der Waals surface area (Å²) in [7, 11) is 1.59. The first-order chi connectivity index (χ1) is 9.60. The molecule has 0 bridgehead atoms. The monoisotopic (exact) mass is 287 g/mol. The van der Waals surface area contributed by atoms with Crippen molar-refractivity contribution >= 4 is 17.2 Å². The topological polar surface area (TPSA) is 44.5 Å². The van der Waals surface area contributed by atoms with Gasteiger partial charge in [-0.2, -0.15) is 0 Å². The molecule has 4 heteroatoms. The van der Waals surface area contributed by atoms with Crippen molar-refractivity contribution in [1.29, 1.82) is 0 Å². The molecule has 104 valence electrons. The van der Waals surface area contributed by atoms with Gasteiger partial charge in [-0.05, 0) is 30.7 Å². The quantitative estimate of drug-likeness (QED) is 0.858. The summed E-state index contributed by atoms with van der Waals surface area (Å²) >= 11 is 4.95. The zero-order valence-electron chi connectivity index (χ0n) is 11.6. The lowest BCUT2D eigenvalue weighted by atomic mass is 10.1. The highest BCUT2D eigenvalue weighted by molar-refractivity contribution is 7.80. The predicted molar refractivity (Wildman–Crippen MR) is 84.4 cm³/mol. The maximum atomic E-state index is 5.78. The number of ether oxygens (including phenoxy) is 2. The van der Waals surface area contributed by atoms with Crippen LogP contribution in [0, 0.1) is 6.92 Å². The van der Waals surface area contributed by atoms with Crippen molar-refractivity contribution in [1.82, 2.24) is 0 Å². The van der Waals surface area contributed by atoms with E-state index in [0.29, 0.717) is 23.1 Å². The Morgan fingerprint density at radius 3 is 2.40 bits per heavy atom. The summed E-state index contributed by atoms with van der Waals surface area (Å²) in [6.45, 7) is 2.55. The highest BCUT2D eigenvalue weighted by atomic mass is 32.1. The molecule has 0 spiro atoms. The summed E-state index contributed by atoms with van der Waals surface area (Å²) in [5.74, 6) is 1.30. The van der Waals surface area contributed by atoms with Crippen LogP contribution in [0.2, 0.25) is 0 Å². The van der Waals surface area contributed by atoms with Gasteiger partial charge in [-0.3, -0.25) is 0 Å². The third-order valence-electron chi connectivity index (χ3n) is 2.96. The van der Waals surface area contributed by atoms with Gasteiger partial charge in [-0.25, -0.2) is 0 Å². The van der Waals surface area contributed by atoms with Crippen LogP contribution < -0.4 is 15.2 Å². The van der Waals surface area contributed by atoms with Crippen molar-refractivity contribution < 1.29 is 9.47 Å². The molecule has 0 saturated heterocycles. The average Bonchev–Trinajstić information content (AvgIpc) is 2.46. The Hall–Kier alpha value is -2.07. The number of nitrogens with two attached hydrogens (primary N) is 1. The maximum Gasteiger partial charge on any atom is 0.161 e. The molecule has 2 N–H and O–H groups in total. The number of methoxy groups -OCH3 is 1. The van der Waals surface area contributed by atoms with E-state index < -0.39 is 0 Å². The smallest absolute Gasteiger partial charge is 0.161 e. The van der Waals surface area contributed by atoms with Crippen LogP contribution in [0.5, 0.6) is 11.5 Å². The minimum atomic E-state index is 0.341. The second kappa shape index (κ2) is 6.39. The Morgan fingerprint density at radius 2 is 1.80 bits per heavy atom. The molecule has 0 amide bonds. The molecule has 2 rings (SSSR count). The van der Waals surface area contributed by atoms with E-state index >= 15 is 0 Å². The van der Waals surface area contributed by atoms with Crippen molar-refractivity contribution in [2.24, 2.45) is 5.73 Å². The molecular weight excluding hydrogens is 270 g/mol. The molecule has 0 fully saturated rings. The lowest BCUT2D eigenvalue weighted by Gasteiger charge is -2.12. The van der Waals surface area contributed by atoms with Crippen molar-refractivity contribution in [3.05, 3.63) is 59.2 Å². The molecule has 20 heavy (non-hydrogen) atoms. The average molecular weight is 287 g/mol. The van der Waals surface area contributed by atoms with E-state index in [1.807, 2.05) is 24.3 Å². The second-order valence-electron chi connectivity index (χ2n) is 4.50. The van der Waals surface area contributed by atoms with Gasteiger partial charge in [0.2, 0.25) is 0 Å². The van der Waals surface area contributed by atoms with Gasteiger partial charge in [0, 0.05) is 5.56 Å². The molecule has 0 radical (unpaired) electrons. The zero-order chi connectivity index (χ0) is 14.5. The van der Waals surface area contributed by atoms with Crippen molar-refractivity contribution in [3.63, 3.8) is 0 Å². The van der Waals surface area contributed by atoms with E-state index in [-0.39, 0.29) is 0 Å². The van der Waals surface area contributed by atoms with Gasteiger partial charge in [-0.15, -0.1) is 0 Å². The van der Waals surface area contributed by atoms with E-state index in [2.05, 4.69) is 19.1 Å². The number of benzene rings is 2. The van der Waals surface area contributed by atoms with E-state index in [1.54, 1.807) is 13.2 Å². The minimum absolute atomic E-state index is 0.341. The second-order valence-corrected chi connectivity index (χ2v) is 4.94. The summed E-state index contributed by atoms with van der Waals surface area (Å²) in [5.41, 5.74) is 8.70. The van der Waals surface area contributed by atoms with E-state index in [4.69, 9.17) is 27.4 Å². The fourth-order valence-electron chi connectivity index (χ4n) is 1.79. The first-order valence-corrected chi connectivity index (χ1v) is 6.67. The maximum absolute atomic E-state index is 5.78. The zero-order valence-corrected chi connectivity index (χ0v) is 12.4. The largest absolute Gasteiger partial charge is 0.493 e. The van der Waals surface area contributed by atoms with Gasteiger partial charge < -0.3 is 15.2 Å². The van der Waals surface area contributed by atoms with Crippen LogP contribution in [0.3, 0.4) is 0 Å². The molecule has 0 aromatic heterocycles. The van der Waals surface area contributed by atoms with Crippen molar-refractivity contribution in [2.75, 3.05) is 7.11 Å². The van der Waals surface area contributed by atoms with Crippen LogP contribution in [0.15, 0.2) is 42.5 Å². The molecule has 0 aliphatic rings. The van der Waals surface area contributed by atoms with E-state index in [9.17, 15) is 0 Å². The molecule has 0 aliphatic heterocycles. The van der Waals surface area contributed by atoms with E-state index in [1.165, 1.54) is 5.56 Å². The Labute approximate surface area is 124 Å². The van der Waals surface area contributed by atoms with Crippen LogP contribution in [-0.4, -0.2) is 12.1 Å². The normalized spacial score (nSPS) is 10.1. The predicted octanol–water partition coefficient (Wildman–Crippen LogP) is 3.22. The molecule has 0 aliphatic carbocycles. The fraction of sp³-hybridized carbons (Fsp3) is 0.188. The molecular formula is C16H17NO2S. The number of rotatable bonds is 5. The lowest BCUT2D eigenvalue weighted by molar-refractivity contribution is 0.284. The van der Waals surface area contributed by atoms with Crippen LogP contribution >= 0.6 is 12.2 Å². The summed E-state index contributed by atoms with van der Waals surface area (Å²) in [4.78, 5) is 0.341. The molecule has 2 aromatic rings. The first kappa shape index (κ1) is 14.3. The SMILES string of the molecule is COc1cc(C(N)=S)ccc1OCc1ccc(C)cc1. The summed E-state index contributed by atoms with van der Waals surface area (Å²) in [6, 6.07) is 13.7. The fourth-order valence-corrected chi connectivity index (χ4v) is 1.91. The van der Waals surface area contributed by atoms with Crippen LogP contribution in [-0.2, 0) is 6.61 Å². The first-order valence-electron chi connectivity index (χ1n) is 6.26. The third kappa shape index (κ3) is 3.48. The Morgan fingerprint density at radius 1 is 1.10 bits per heavy atom. The molecule has 0 saturated carbocycles.